The number of hydrogen-bond acceptors (Lipinski definition) is 5. The molecule has 1 amide bonds. The summed E-state index contributed by atoms with van der Waals surface area (Å²) in [5.74, 6) is 0.638. The zero-order chi connectivity index (χ0) is 21.7. The predicted molar refractivity (Wildman–Crippen MR) is 117 cm³/mol. The van der Waals surface area contributed by atoms with Crippen molar-refractivity contribution < 1.29 is 13.9 Å². The highest BCUT2D eigenvalue weighted by Crippen LogP contribution is 2.23. The highest BCUT2D eigenvalue weighted by atomic mass is 35.5. The first-order valence-electron chi connectivity index (χ1n) is 9.37. The Hall–Kier alpha value is -2.58. The number of anilines is 1. The van der Waals surface area contributed by atoms with Crippen molar-refractivity contribution in [2.75, 3.05) is 11.1 Å². The van der Waals surface area contributed by atoms with Crippen molar-refractivity contribution in [2.24, 2.45) is 0 Å². The van der Waals surface area contributed by atoms with E-state index >= 15 is 0 Å². The topological polar surface area (TPSA) is 69.0 Å². The Morgan fingerprint density at radius 1 is 1.23 bits per heavy atom. The summed E-state index contributed by atoms with van der Waals surface area (Å²) in [4.78, 5) is 12.3. The molecular formula is C21H22ClFN4O2S. The molecule has 30 heavy (non-hydrogen) atoms. The summed E-state index contributed by atoms with van der Waals surface area (Å²) < 4.78 is 20.8. The molecule has 0 atom stereocenters. The van der Waals surface area contributed by atoms with Crippen LogP contribution in [-0.2, 0) is 17.9 Å². The molecule has 1 heterocycles. The Bertz CT molecular complexity index is 1060. The molecule has 0 unspecified atom stereocenters. The van der Waals surface area contributed by atoms with Gasteiger partial charge in [0.25, 0.3) is 0 Å². The largest absolute Gasteiger partial charge is 0.486 e. The molecule has 0 spiro atoms. The highest BCUT2D eigenvalue weighted by molar-refractivity contribution is 7.99. The van der Waals surface area contributed by atoms with Gasteiger partial charge in [-0.25, -0.2) is 4.39 Å². The number of aryl methyl sites for hydroxylation is 2. The van der Waals surface area contributed by atoms with Crippen LogP contribution < -0.4 is 10.1 Å². The molecule has 0 saturated heterocycles. The highest BCUT2D eigenvalue weighted by Gasteiger charge is 2.14. The molecule has 3 aromatic rings. The average molecular weight is 449 g/mol. The number of carbonyl (C=O) groups is 1. The van der Waals surface area contributed by atoms with E-state index in [1.165, 1.54) is 30.0 Å². The molecule has 2 aromatic carbocycles. The first kappa shape index (κ1) is 22.1. The molecule has 3 rings (SSSR count). The lowest BCUT2D eigenvalue weighted by Gasteiger charge is -2.10. The van der Waals surface area contributed by atoms with Crippen molar-refractivity contribution in [3.63, 3.8) is 0 Å². The quantitative estimate of drug-likeness (QED) is 0.490. The number of thioether (sulfide) groups is 1. The van der Waals surface area contributed by atoms with E-state index in [1.807, 2.05) is 43.5 Å². The van der Waals surface area contributed by atoms with E-state index < -0.39 is 5.82 Å². The second kappa shape index (κ2) is 9.95. The van der Waals surface area contributed by atoms with Gasteiger partial charge in [0.2, 0.25) is 5.91 Å². The van der Waals surface area contributed by atoms with Gasteiger partial charge >= 0.3 is 0 Å². The van der Waals surface area contributed by atoms with E-state index in [9.17, 15) is 9.18 Å². The number of aromatic nitrogens is 3. The number of halogens is 2. The monoisotopic (exact) mass is 448 g/mol. The van der Waals surface area contributed by atoms with Crippen LogP contribution in [0.4, 0.5) is 10.1 Å². The summed E-state index contributed by atoms with van der Waals surface area (Å²) in [6.45, 7) is 6.71. The molecule has 0 fully saturated rings. The molecule has 0 aliphatic carbocycles. The van der Waals surface area contributed by atoms with Gasteiger partial charge in [0.1, 0.15) is 18.2 Å². The lowest BCUT2D eigenvalue weighted by atomic mass is 10.1. The fourth-order valence-electron chi connectivity index (χ4n) is 2.83. The fourth-order valence-corrected chi connectivity index (χ4v) is 3.83. The number of rotatable bonds is 8. The number of nitrogens with one attached hydrogen (secondary N) is 1. The maximum absolute atomic E-state index is 13.3. The third kappa shape index (κ3) is 5.52. The van der Waals surface area contributed by atoms with Crippen molar-refractivity contribution in [1.82, 2.24) is 14.8 Å². The van der Waals surface area contributed by atoms with Crippen molar-refractivity contribution in [2.45, 2.75) is 39.1 Å². The van der Waals surface area contributed by atoms with E-state index in [4.69, 9.17) is 16.3 Å². The first-order chi connectivity index (χ1) is 14.4. The molecule has 0 bridgehead atoms. The number of hydrogen-bond donors (Lipinski definition) is 1. The summed E-state index contributed by atoms with van der Waals surface area (Å²) in [6, 6.07) is 10.1. The number of nitrogens with zero attached hydrogens (tertiary/aromatic N) is 3. The van der Waals surface area contributed by atoms with Crippen LogP contribution in [0.2, 0.25) is 5.02 Å². The van der Waals surface area contributed by atoms with Crippen LogP contribution in [0.3, 0.4) is 0 Å². The zero-order valence-corrected chi connectivity index (χ0v) is 18.5. The Labute approximate surface area is 183 Å². The molecule has 6 nitrogen and oxygen atoms in total. The molecule has 1 aromatic heterocycles. The summed E-state index contributed by atoms with van der Waals surface area (Å²) >= 11 is 7.08. The summed E-state index contributed by atoms with van der Waals surface area (Å²) in [6.07, 6.45) is 0. The van der Waals surface area contributed by atoms with Gasteiger partial charge < -0.3 is 14.6 Å². The van der Waals surface area contributed by atoms with Gasteiger partial charge in [0.15, 0.2) is 11.0 Å². The predicted octanol–water partition coefficient (Wildman–Crippen LogP) is 5.02. The summed E-state index contributed by atoms with van der Waals surface area (Å²) in [5, 5.41) is 11.9. The van der Waals surface area contributed by atoms with Crippen molar-refractivity contribution in [3.05, 3.63) is 64.2 Å². The smallest absolute Gasteiger partial charge is 0.234 e. The van der Waals surface area contributed by atoms with Crippen molar-refractivity contribution in [1.29, 1.82) is 0 Å². The molecule has 0 aliphatic rings. The summed E-state index contributed by atoms with van der Waals surface area (Å²) in [5.41, 5.74) is 2.97. The maximum atomic E-state index is 13.3. The maximum Gasteiger partial charge on any atom is 0.234 e. The Morgan fingerprint density at radius 3 is 2.73 bits per heavy atom. The Morgan fingerprint density at radius 2 is 2.03 bits per heavy atom. The van der Waals surface area contributed by atoms with Crippen LogP contribution in [-0.4, -0.2) is 26.4 Å². The SMILES string of the molecule is CCn1c(COc2ccc(F)c(Cl)c2)nnc1SCC(=O)Nc1ccc(C)cc1C. The number of benzene rings is 2. The first-order valence-corrected chi connectivity index (χ1v) is 10.7. The minimum atomic E-state index is -0.501. The van der Waals surface area contributed by atoms with Crippen molar-refractivity contribution in [3.8, 4) is 5.75 Å². The normalized spacial score (nSPS) is 10.8. The molecule has 158 valence electrons. The Balaban J connectivity index is 1.59. The zero-order valence-electron chi connectivity index (χ0n) is 16.9. The molecular weight excluding hydrogens is 427 g/mol. The van der Waals surface area contributed by atoms with E-state index in [-0.39, 0.29) is 23.3 Å². The number of carbonyl (C=O) groups excluding carboxylic acids is 1. The third-order valence-electron chi connectivity index (χ3n) is 4.36. The van der Waals surface area contributed by atoms with E-state index in [0.717, 1.165) is 16.8 Å². The van der Waals surface area contributed by atoms with Gasteiger partial charge in [-0.05, 0) is 44.5 Å². The van der Waals surface area contributed by atoms with E-state index in [2.05, 4.69) is 15.5 Å². The van der Waals surface area contributed by atoms with Crippen molar-refractivity contribution >= 4 is 35.0 Å². The van der Waals surface area contributed by atoms with Gasteiger partial charge in [0.05, 0.1) is 10.8 Å². The average Bonchev–Trinajstić information content (AvgIpc) is 3.11. The van der Waals surface area contributed by atoms with Crippen LogP contribution in [0.25, 0.3) is 0 Å². The second-order valence-electron chi connectivity index (χ2n) is 6.66. The van der Waals surface area contributed by atoms with Gasteiger partial charge in [-0.2, -0.15) is 0 Å². The van der Waals surface area contributed by atoms with Gasteiger partial charge in [0, 0.05) is 18.3 Å². The van der Waals surface area contributed by atoms with E-state index in [1.54, 1.807) is 0 Å². The van der Waals surface area contributed by atoms with Gasteiger partial charge in [-0.1, -0.05) is 41.1 Å². The van der Waals surface area contributed by atoms with Crippen LogP contribution in [0.1, 0.15) is 23.9 Å². The van der Waals surface area contributed by atoms with Crippen LogP contribution in [0.5, 0.6) is 5.75 Å². The molecule has 0 aliphatic heterocycles. The third-order valence-corrected chi connectivity index (χ3v) is 5.61. The molecule has 1 N–H and O–H groups in total. The molecule has 9 heteroatoms. The minimum Gasteiger partial charge on any atom is -0.486 e. The van der Waals surface area contributed by atoms with Gasteiger partial charge in [-0.3, -0.25) is 4.79 Å². The minimum absolute atomic E-state index is 0.00414. The van der Waals surface area contributed by atoms with E-state index in [0.29, 0.717) is 23.3 Å². The lowest BCUT2D eigenvalue weighted by molar-refractivity contribution is -0.113. The van der Waals surface area contributed by atoms with Gasteiger partial charge in [-0.15, -0.1) is 10.2 Å². The second-order valence-corrected chi connectivity index (χ2v) is 8.01. The molecule has 0 radical (unpaired) electrons. The Kier molecular flexibility index (Phi) is 7.33. The molecule has 0 saturated carbocycles. The van der Waals surface area contributed by atoms with Crippen LogP contribution in [0.15, 0.2) is 41.6 Å². The van der Waals surface area contributed by atoms with Crippen LogP contribution in [0, 0.1) is 19.7 Å². The summed E-state index contributed by atoms with van der Waals surface area (Å²) in [7, 11) is 0. The van der Waals surface area contributed by atoms with Crippen LogP contribution >= 0.6 is 23.4 Å². The number of amides is 1. The fraction of sp³-hybridized carbons (Fsp3) is 0.286. The standard InChI is InChI=1S/C21H22ClFN4O2S/c1-4-27-19(11-29-15-6-7-17(23)16(22)10-15)25-26-21(27)30-12-20(28)24-18-8-5-13(2)9-14(18)3/h5-10H,4,11-12H2,1-3H3,(H,24,28). The number of ether oxygens (including phenoxy) is 1. The lowest BCUT2D eigenvalue weighted by Crippen LogP contribution is -2.15.